The average molecular weight is 313 g/mol. The van der Waals surface area contributed by atoms with Gasteiger partial charge in [0, 0.05) is 17.2 Å². The van der Waals surface area contributed by atoms with Gasteiger partial charge in [-0.25, -0.2) is 4.98 Å². The van der Waals surface area contributed by atoms with E-state index in [1.165, 1.54) is 37.7 Å². The average Bonchev–Trinajstić information content (AvgIpc) is 2.30. The first-order valence-corrected chi connectivity index (χ1v) is 7.75. The highest BCUT2D eigenvalue weighted by molar-refractivity contribution is 9.10. The Bertz CT molecular complexity index is 350. The molecule has 0 amide bonds. The van der Waals surface area contributed by atoms with Gasteiger partial charge in [0.15, 0.2) is 0 Å². The molecule has 0 spiro atoms. The second kappa shape index (κ2) is 8.52. The summed E-state index contributed by atoms with van der Waals surface area (Å²) in [4.78, 5) is 4.38. The largest absolute Gasteiger partial charge is 0.370 e. The summed E-state index contributed by atoms with van der Waals surface area (Å²) in [7, 11) is 0. The number of hydrogen-bond donors (Lipinski definition) is 1. The van der Waals surface area contributed by atoms with E-state index in [1.807, 2.05) is 6.20 Å². The summed E-state index contributed by atoms with van der Waals surface area (Å²) in [6, 6.07) is 2.10. The summed E-state index contributed by atoms with van der Waals surface area (Å²) in [6.45, 7) is 7.70. The number of pyridine rings is 1. The van der Waals surface area contributed by atoms with Crippen molar-refractivity contribution in [2.45, 2.75) is 52.9 Å². The molecule has 0 aromatic carbocycles. The van der Waals surface area contributed by atoms with Crippen LogP contribution in [0.2, 0.25) is 0 Å². The summed E-state index contributed by atoms with van der Waals surface area (Å²) in [5, 5.41) is 3.41. The number of rotatable bonds is 8. The first-order valence-electron chi connectivity index (χ1n) is 6.95. The van der Waals surface area contributed by atoms with Gasteiger partial charge in [0.1, 0.15) is 5.82 Å². The fraction of sp³-hybridized carbons (Fsp3) is 0.667. The number of halogens is 1. The van der Waals surface area contributed by atoms with E-state index < -0.39 is 0 Å². The summed E-state index contributed by atoms with van der Waals surface area (Å²) >= 11 is 3.43. The molecule has 0 bridgehead atoms. The monoisotopic (exact) mass is 312 g/mol. The number of nitrogens with zero attached hydrogens (tertiary/aromatic N) is 1. The third kappa shape index (κ3) is 6.39. The van der Waals surface area contributed by atoms with Crippen molar-refractivity contribution in [1.82, 2.24) is 4.98 Å². The molecule has 3 heteroatoms. The van der Waals surface area contributed by atoms with Gasteiger partial charge in [0.25, 0.3) is 0 Å². The highest BCUT2D eigenvalue weighted by atomic mass is 79.9. The van der Waals surface area contributed by atoms with Gasteiger partial charge in [-0.3, -0.25) is 0 Å². The highest BCUT2D eigenvalue weighted by Gasteiger charge is 1.99. The van der Waals surface area contributed by atoms with Crippen LogP contribution in [0.4, 0.5) is 5.82 Å². The van der Waals surface area contributed by atoms with Crippen LogP contribution in [-0.2, 0) is 0 Å². The van der Waals surface area contributed by atoms with Gasteiger partial charge in [-0.1, -0.05) is 39.5 Å². The molecule has 2 nitrogen and oxygen atoms in total. The molecule has 0 radical (unpaired) electrons. The zero-order valence-corrected chi connectivity index (χ0v) is 13.4. The quantitative estimate of drug-likeness (QED) is 0.670. The lowest BCUT2D eigenvalue weighted by atomic mass is 10.0. The van der Waals surface area contributed by atoms with E-state index in [1.54, 1.807) is 0 Å². The lowest BCUT2D eigenvalue weighted by molar-refractivity contribution is 0.523. The number of nitrogens with one attached hydrogen (secondary N) is 1. The minimum atomic E-state index is 0.845. The summed E-state index contributed by atoms with van der Waals surface area (Å²) in [6.07, 6.45) is 8.48. The van der Waals surface area contributed by atoms with E-state index in [2.05, 4.69) is 53.1 Å². The predicted molar refractivity (Wildman–Crippen MR) is 83.1 cm³/mol. The van der Waals surface area contributed by atoms with Gasteiger partial charge in [-0.15, -0.1) is 0 Å². The molecule has 0 atom stereocenters. The van der Waals surface area contributed by atoms with Crippen LogP contribution in [0.5, 0.6) is 0 Å². The van der Waals surface area contributed by atoms with Crippen molar-refractivity contribution in [3.05, 3.63) is 22.3 Å². The number of aryl methyl sites for hydroxylation is 1. The lowest BCUT2D eigenvalue weighted by Gasteiger charge is -2.09. The van der Waals surface area contributed by atoms with E-state index >= 15 is 0 Å². The Labute approximate surface area is 120 Å². The standard InChI is InChI=1S/C15H25BrN2/c1-12(2)8-6-4-5-7-9-17-15-13(3)10-14(16)11-18-15/h10-12H,4-9H2,1-3H3,(H,17,18). The van der Waals surface area contributed by atoms with Crippen LogP contribution in [0.3, 0.4) is 0 Å². The Kier molecular flexibility index (Phi) is 7.33. The van der Waals surface area contributed by atoms with Crippen LogP contribution in [0.1, 0.15) is 51.5 Å². The molecule has 1 N–H and O–H groups in total. The zero-order chi connectivity index (χ0) is 13.4. The molecule has 0 aliphatic heterocycles. The van der Waals surface area contributed by atoms with Gasteiger partial charge in [-0.05, 0) is 46.8 Å². The molecule has 0 saturated carbocycles. The fourth-order valence-corrected chi connectivity index (χ4v) is 2.41. The van der Waals surface area contributed by atoms with Crippen LogP contribution in [-0.4, -0.2) is 11.5 Å². The maximum absolute atomic E-state index is 4.38. The maximum atomic E-state index is 4.38. The van der Waals surface area contributed by atoms with Crippen molar-refractivity contribution in [1.29, 1.82) is 0 Å². The van der Waals surface area contributed by atoms with Crippen molar-refractivity contribution in [2.75, 3.05) is 11.9 Å². The summed E-state index contributed by atoms with van der Waals surface area (Å²) in [5.74, 6) is 1.86. The molecule has 0 saturated heterocycles. The van der Waals surface area contributed by atoms with Crippen LogP contribution < -0.4 is 5.32 Å². The Hall–Kier alpha value is -0.570. The van der Waals surface area contributed by atoms with Gasteiger partial charge in [-0.2, -0.15) is 0 Å². The Morgan fingerprint density at radius 1 is 1.22 bits per heavy atom. The molecule has 1 aromatic heterocycles. The lowest BCUT2D eigenvalue weighted by Crippen LogP contribution is -2.04. The smallest absolute Gasteiger partial charge is 0.128 e. The third-order valence-electron chi connectivity index (χ3n) is 3.05. The molecule has 18 heavy (non-hydrogen) atoms. The van der Waals surface area contributed by atoms with E-state index in [4.69, 9.17) is 0 Å². The number of hydrogen-bond acceptors (Lipinski definition) is 2. The molecular weight excluding hydrogens is 288 g/mol. The molecule has 0 aliphatic carbocycles. The van der Waals surface area contributed by atoms with Crippen molar-refractivity contribution in [3.63, 3.8) is 0 Å². The normalized spacial score (nSPS) is 10.9. The Morgan fingerprint density at radius 3 is 2.61 bits per heavy atom. The van der Waals surface area contributed by atoms with Crippen LogP contribution in [0.25, 0.3) is 0 Å². The molecule has 102 valence electrons. The highest BCUT2D eigenvalue weighted by Crippen LogP contribution is 2.17. The second-order valence-corrected chi connectivity index (χ2v) is 6.26. The number of anilines is 1. The van der Waals surface area contributed by atoms with Crippen molar-refractivity contribution in [2.24, 2.45) is 5.92 Å². The van der Waals surface area contributed by atoms with Gasteiger partial charge in [0.05, 0.1) is 0 Å². The van der Waals surface area contributed by atoms with E-state index in [-0.39, 0.29) is 0 Å². The fourth-order valence-electron chi connectivity index (χ4n) is 1.96. The summed E-state index contributed by atoms with van der Waals surface area (Å²) in [5.41, 5.74) is 1.20. The Morgan fingerprint density at radius 2 is 1.94 bits per heavy atom. The second-order valence-electron chi connectivity index (χ2n) is 5.34. The number of aromatic nitrogens is 1. The van der Waals surface area contributed by atoms with Crippen LogP contribution >= 0.6 is 15.9 Å². The first kappa shape index (κ1) is 15.5. The molecule has 0 aliphatic rings. The van der Waals surface area contributed by atoms with Gasteiger partial charge >= 0.3 is 0 Å². The molecule has 1 aromatic rings. The minimum absolute atomic E-state index is 0.845. The SMILES string of the molecule is Cc1cc(Br)cnc1NCCCCCCC(C)C. The molecule has 0 fully saturated rings. The Balaban J connectivity index is 2.11. The molecule has 1 heterocycles. The van der Waals surface area contributed by atoms with E-state index in [0.29, 0.717) is 0 Å². The third-order valence-corrected chi connectivity index (χ3v) is 3.48. The van der Waals surface area contributed by atoms with Gasteiger partial charge < -0.3 is 5.32 Å². The first-order chi connectivity index (χ1) is 8.59. The minimum Gasteiger partial charge on any atom is -0.370 e. The van der Waals surface area contributed by atoms with E-state index in [0.717, 1.165) is 22.8 Å². The van der Waals surface area contributed by atoms with Crippen molar-refractivity contribution < 1.29 is 0 Å². The zero-order valence-electron chi connectivity index (χ0n) is 11.8. The van der Waals surface area contributed by atoms with Crippen molar-refractivity contribution in [3.8, 4) is 0 Å². The number of unbranched alkanes of at least 4 members (excludes halogenated alkanes) is 3. The predicted octanol–water partition coefficient (Wildman–Crippen LogP) is 5.17. The van der Waals surface area contributed by atoms with Crippen LogP contribution in [0.15, 0.2) is 16.7 Å². The topological polar surface area (TPSA) is 24.9 Å². The molecular formula is C15H25BrN2. The maximum Gasteiger partial charge on any atom is 0.128 e. The molecule has 1 rings (SSSR count). The van der Waals surface area contributed by atoms with Crippen LogP contribution in [0, 0.1) is 12.8 Å². The van der Waals surface area contributed by atoms with Gasteiger partial charge in [0.2, 0.25) is 0 Å². The summed E-state index contributed by atoms with van der Waals surface area (Å²) < 4.78 is 1.04. The molecule has 0 unspecified atom stereocenters. The van der Waals surface area contributed by atoms with Crippen molar-refractivity contribution >= 4 is 21.7 Å². The van der Waals surface area contributed by atoms with E-state index in [9.17, 15) is 0 Å².